The first-order valence-electron chi connectivity index (χ1n) is 9.30. The first-order chi connectivity index (χ1) is 14.1. The van der Waals surface area contributed by atoms with Crippen molar-refractivity contribution in [3.8, 4) is 11.1 Å². The van der Waals surface area contributed by atoms with Gasteiger partial charge in [0, 0.05) is 16.0 Å². The van der Waals surface area contributed by atoms with Crippen molar-refractivity contribution in [3.63, 3.8) is 0 Å². The minimum Gasteiger partial charge on any atom is -0.450 e. The maximum absolute atomic E-state index is 12.9. The van der Waals surface area contributed by atoms with Crippen LogP contribution >= 0.6 is 23.2 Å². The van der Waals surface area contributed by atoms with Crippen LogP contribution in [0.3, 0.4) is 0 Å². The van der Waals surface area contributed by atoms with Crippen molar-refractivity contribution in [3.05, 3.63) is 87.6 Å². The van der Waals surface area contributed by atoms with E-state index in [0.29, 0.717) is 16.0 Å². The number of anilines is 1. The van der Waals surface area contributed by atoms with Gasteiger partial charge in [-0.2, -0.15) is 0 Å². The Bertz CT molecular complexity index is 1290. The van der Waals surface area contributed by atoms with Gasteiger partial charge < -0.3 is 15.3 Å². The highest BCUT2D eigenvalue weighted by Gasteiger charge is 2.23. The van der Waals surface area contributed by atoms with E-state index in [2.05, 4.69) is 0 Å². The molecule has 0 fully saturated rings. The molecule has 1 heterocycles. The third-order valence-corrected chi connectivity index (χ3v) is 5.56. The van der Waals surface area contributed by atoms with Gasteiger partial charge in [0.2, 0.25) is 5.78 Å². The molecule has 6 heteroatoms. The molecule has 0 atom stereocenters. The molecule has 4 aromatic rings. The molecule has 4 nitrogen and oxygen atoms in total. The number of carbonyl (C=O) groups is 1. The lowest BCUT2D eigenvalue weighted by molar-refractivity contribution is 0.0786. The van der Waals surface area contributed by atoms with E-state index in [1.54, 1.807) is 26.0 Å². The molecule has 3 N–H and O–H groups in total. The predicted molar refractivity (Wildman–Crippen MR) is 121 cm³/mol. The number of nitrogen functional groups attached to an aromatic ring is 1. The molecule has 30 heavy (non-hydrogen) atoms. The Morgan fingerprint density at radius 3 is 2.43 bits per heavy atom. The average molecular weight is 440 g/mol. The molecule has 0 bridgehead atoms. The van der Waals surface area contributed by atoms with Gasteiger partial charge in [-0.3, -0.25) is 4.79 Å². The number of aliphatic hydroxyl groups is 1. The normalized spacial score (nSPS) is 11.8. The van der Waals surface area contributed by atoms with Gasteiger partial charge in [-0.25, -0.2) is 0 Å². The summed E-state index contributed by atoms with van der Waals surface area (Å²) in [6.45, 7) is 3.48. The highest BCUT2D eigenvalue weighted by Crippen LogP contribution is 2.35. The minimum absolute atomic E-state index is 0.0385. The number of carbonyl (C=O) groups excluding carboxylic acids is 1. The van der Waals surface area contributed by atoms with Crippen LogP contribution in [-0.4, -0.2) is 10.9 Å². The zero-order valence-electron chi connectivity index (χ0n) is 16.4. The SMILES string of the molecule is CC(C)(O)c1cccc(-c2ccc3c(N)c(C(=O)c4ccc(Cl)cc4Cl)oc3c2)c1. The van der Waals surface area contributed by atoms with Gasteiger partial charge >= 0.3 is 0 Å². The summed E-state index contributed by atoms with van der Waals surface area (Å²) in [5.41, 5.74) is 8.88. The van der Waals surface area contributed by atoms with E-state index in [-0.39, 0.29) is 22.0 Å². The number of halogens is 2. The number of rotatable bonds is 4. The zero-order chi connectivity index (χ0) is 21.6. The second kappa shape index (κ2) is 7.47. The largest absolute Gasteiger partial charge is 0.450 e. The molecule has 1 aromatic heterocycles. The quantitative estimate of drug-likeness (QED) is 0.358. The predicted octanol–water partition coefficient (Wildman–Crippen LogP) is 6.45. The van der Waals surface area contributed by atoms with Crippen molar-refractivity contribution < 1.29 is 14.3 Å². The number of hydrogen-bond donors (Lipinski definition) is 2. The summed E-state index contributed by atoms with van der Waals surface area (Å²) in [6, 6.07) is 17.8. The van der Waals surface area contributed by atoms with Crippen LogP contribution < -0.4 is 5.73 Å². The fourth-order valence-electron chi connectivity index (χ4n) is 3.34. The highest BCUT2D eigenvalue weighted by molar-refractivity contribution is 6.37. The molecule has 0 spiro atoms. The van der Waals surface area contributed by atoms with E-state index in [9.17, 15) is 9.90 Å². The molecule has 0 amide bonds. The van der Waals surface area contributed by atoms with E-state index in [4.69, 9.17) is 33.4 Å². The van der Waals surface area contributed by atoms with E-state index >= 15 is 0 Å². The molecule has 0 radical (unpaired) electrons. The summed E-state index contributed by atoms with van der Waals surface area (Å²) < 4.78 is 5.84. The monoisotopic (exact) mass is 439 g/mol. The fourth-order valence-corrected chi connectivity index (χ4v) is 3.83. The van der Waals surface area contributed by atoms with E-state index < -0.39 is 11.4 Å². The molecule has 0 saturated heterocycles. The summed E-state index contributed by atoms with van der Waals surface area (Å²) in [5, 5.41) is 11.6. The van der Waals surface area contributed by atoms with Gasteiger partial charge in [-0.1, -0.05) is 47.5 Å². The van der Waals surface area contributed by atoms with Crippen LogP contribution in [-0.2, 0) is 5.60 Å². The Kier molecular flexibility index (Phi) is 5.10. The van der Waals surface area contributed by atoms with Crippen molar-refractivity contribution in [1.82, 2.24) is 0 Å². The van der Waals surface area contributed by atoms with E-state index in [1.165, 1.54) is 6.07 Å². The third kappa shape index (κ3) is 3.70. The van der Waals surface area contributed by atoms with Gasteiger partial charge in [0.15, 0.2) is 5.76 Å². The topological polar surface area (TPSA) is 76.5 Å². The van der Waals surface area contributed by atoms with Crippen LogP contribution in [0.2, 0.25) is 10.0 Å². The number of fused-ring (bicyclic) bond motifs is 1. The van der Waals surface area contributed by atoms with E-state index in [0.717, 1.165) is 16.7 Å². The number of nitrogens with two attached hydrogens (primary N) is 1. The summed E-state index contributed by atoms with van der Waals surface area (Å²) in [5.74, 6) is -0.368. The molecule has 0 aliphatic heterocycles. The van der Waals surface area contributed by atoms with Gasteiger partial charge in [-0.15, -0.1) is 0 Å². The van der Waals surface area contributed by atoms with Crippen LogP contribution in [0.5, 0.6) is 0 Å². The Morgan fingerprint density at radius 2 is 1.73 bits per heavy atom. The van der Waals surface area contributed by atoms with Crippen LogP contribution in [0.15, 0.2) is 65.1 Å². The van der Waals surface area contributed by atoms with Crippen LogP contribution in [0.4, 0.5) is 5.69 Å². The summed E-state index contributed by atoms with van der Waals surface area (Å²) in [6.07, 6.45) is 0. The number of hydrogen-bond acceptors (Lipinski definition) is 4. The number of ketones is 1. The Labute approximate surface area is 183 Å². The van der Waals surface area contributed by atoms with Crippen molar-refractivity contribution in [1.29, 1.82) is 0 Å². The molecule has 4 rings (SSSR count). The summed E-state index contributed by atoms with van der Waals surface area (Å²) in [4.78, 5) is 12.9. The Balaban J connectivity index is 1.78. The maximum atomic E-state index is 12.9. The summed E-state index contributed by atoms with van der Waals surface area (Å²) in [7, 11) is 0. The average Bonchev–Trinajstić information content (AvgIpc) is 3.03. The fraction of sp³-hybridized carbons (Fsp3) is 0.125. The molecular formula is C24H19Cl2NO3. The molecule has 152 valence electrons. The lowest BCUT2D eigenvalue weighted by Crippen LogP contribution is -2.15. The van der Waals surface area contributed by atoms with Crippen LogP contribution in [0.1, 0.15) is 35.5 Å². The van der Waals surface area contributed by atoms with Crippen LogP contribution in [0, 0.1) is 0 Å². The van der Waals surface area contributed by atoms with Crippen molar-refractivity contribution in [2.75, 3.05) is 5.73 Å². The molecule has 0 unspecified atom stereocenters. The van der Waals surface area contributed by atoms with Crippen molar-refractivity contribution >= 4 is 45.6 Å². The van der Waals surface area contributed by atoms with Crippen molar-refractivity contribution in [2.45, 2.75) is 19.4 Å². The standard InChI is InChI=1S/C24H19Cl2NO3/c1-24(2,29)15-5-3-4-13(10-15)14-6-8-18-20(11-14)30-23(21(18)27)22(28)17-9-7-16(25)12-19(17)26/h3-12,29H,27H2,1-2H3. The first-order valence-corrected chi connectivity index (χ1v) is 10.1. The molecule has 0 aliphatic rings. The first kappa shape index (κ1) is 20.5. The third-order valence-electron chi connectivity index (χ3n) is 5.01. The van der Waals surface area contributed by atoms with Gasteiger partial charge in [-0.05, 0) is 66.9 Å². The minimum atomic E-state index is -0.952. The van der Waals surface area contributed by atoms with E-state index in [1.807, 2.05) is 42.5 Å². The lowest BCUT2D eigenvalue weighted by atomic mass is 9.94. The second-order valence-electron chi connectivity index (χ2n) is 7.65. The smallest absolute Gasteiger partial charge is 0.231 e. The zero-order valence-corrected chi connectivity index (χ0v) is 17.9. The highest BCUT2D eigenvalue weighted by atomic mass is 35.5. The molecule has 0 aliphatic carbocycles. The van der Waals surface area contributed by atoms with Gasteiger partial charge in [0.1, 0.15) is 5.58 Å². The lowest BCUT2D eigenvalue weighted by Gasteiger charge is -2.18. The van der Waals surface area contributed by atoms with Crippen molar-refractivity contribution in [2.24, 2.45) is 0 Å². The van der Waals surface area contributed by atoms with Gasteiger partial charge in [0.25, 0.3) is 0 Å². The second-order valence-corrected chi connectivity index (χ2v) is 8.49. The molecule has 0 saturated carbocycles. The number of benzene rings is 3. The van der Waals surface area contributed by atoms with Gasteiger partial charge in [0.05, 0.1) is 16.3 Å². The summed E-state index contributed by atoms with van der Waals surface area (Å²) >= 11 is 12.1. The Morgan fingerprint density at radius 1 is 1.00 bits per heavy atom. The molecule has 3 aromatic carbocycles. The van der Waals surface area contributed by atoms with Crippen LogP contribution in [0.25, 0.3) is 22.1 Å². The Hall–Kier alpha value is -2.79. The maximum Gasteiger partial charge on any atom is 0.231 e. The molecular weight excluding hydrogens is 421 g/mol. The number of furan rings is 1.